The lowest BCUT2D eigenvalue weighted by atomic mass is 9.80. The molecule has 4 heteroatoms. The van der Waals surface area contributed by atoms with E-state index < -0.39 is 0 Å². The fraction of sp³-hybridized carbons (Fsp3) is 0.765. The zero-order chi connectivity index (χ0) is 14.7. The lowest BCUT2D eigenvalue weighted by Crippen LogP contribution is -2.42. The molecular weight excluding hydrogens is 262 g/mol. The van der Waals surface area contributed by atoms with Crippen molar-refractivity contribution >= 4 is 5.91 Å². The van der Waals surface area contributed by atoms with E-state index in [1.54, 1.807) is 6.33 Å². The van der Waals surface area contributed by atoms with Gasteiger partial charge in [-0.05, 0) is 44.4 Å². The van der Waals surface area contributed by atoms with Crippen LogP contribution in [0.1, 0.15) is 63.5 Å². The molecule has 2 heterocycles. The number of carbonyl (C=O) groups is 1. The van der Waals surface area contributed by atoms with Crippen molar-refractivity contribution < 1.29 is 4.79 Å². The molecule has 2 fully saturated rings. The number of hydrogen-bond donors (Lipinski definition) is 1. The van der Waals surface area contributed by atoms with Crippen LogP contribution in [0.15, 0.2) is 12.5 Å². The highest BCUT2D eigenvalue weighted by Gasteiger charge is 2.31. The largest absolute Gasteiger partial charge is 0.348 e. The van der Waals surface area contributed by atoms with Gasteiger partial charge in [0.2, 0.25) is 5.91 Å². The molecular formula is C17H27N3O. The molecule has 1 aliphatic heterocycles. The SMILES string of the molecule is CCC1CCC(C(=O)N2CCC(c3cnc[nH]3)CC2)CC1. The van der Waals surface area contributed by atoms with Crippen LogP contribution in [0, 0.1) is 11.8 Å². The third kappa shape index (κ3) is 3.30. The van der Waals surface area contributed by atoms with Gasteiger partial charge in [-0.1, -0.05) is 13.3 Å². The Bertz CT molecular complexity index is 441. The number of nitrogens with zero attached hydrogens (tertiary/aromatic N) is 2. The van der Waals surface area contributed by atoms with Crippen LogP contribution in [0.25, 0.3) is 0 Å². The number of likely N-dealkylation sites (tertiary alicyclic amines) is 1. The summed E-state index contributed by atoms with van der Waals surface area (Å²) < 4.78 is 0. The van der Waals surface area contributed by atoms with Crippen LogP contribution in [-0.4, -0.2) is 33.9 Å². The predicted octanol–water partition coefficient (Wildman–Crippen LogP) is 3.33. The quantitative estimate of drug-likeness (QED) is 0.928. The first-order chi connectivity index (χ1) is 10.3. The second kappa shape index (κ2) is 6.63. The zero-order valence-corrected chi connectivity index (χ0v) is 13.1. The molecule has 1 aromatic rings. The summed E-state index contributed by atoms with van der Waals surface area (Å²) in [7, 11) is 0. The van der Waals surface area contributed by atoms with Crippen LogP contribution in [0.4, 0.5) is 0 Å². The molecule has 1 saturated carbocycles. The van der Waals surface area contributed by atoms with Crippen molar-refractivity contribution in [1.29, 1.82) is 0 Å². The summed E-state index contributed by atoms with van der Waals surface area (Å²) in [6, 6.07) is 0. The van der Waals surface area contributed by atoms with Crippen molar-refractivity contribution in [2.45, 2.75) is 57.8 Å². The summed E-state index contributed by atoms with van der Waals surface area (Å²) in [4.78, 5) is 22.1. The molecule has 1 N–H and O–H groups in total. The Morgan fingerprint density at radius 1 is 1.24 bits per heavy atom. The van der Waals surface area contributed by atoms with Crippen molar-refractivity contribution in [3.8, 4) is 0 Å². The highest BCUT2D eigenvalue weighted by Crippen LogP contribution is 2.33. The maximum Gasteiger partial charge on any atom is 0.225 e. The average molecular weight is 289 g/mol. The first-order valence-electron chi connectivity index (χ1n) is 8.55. The molecule has 21 heavy (non-hydrogen) atoms. The Labute approximate surface area is 127 Å². The minimum Gasteiger partial charge on any atom is -0.348 e. The monoisotopic (exact) mass is 289 g/mol. The van der Waals surface area contributed by atoms with E-state index in [1.807, 2.05) is 6.20 Å². The van der Waals surface area contributed by atoms with E-state index in [0.29, 0.717) is 17.7 Å². The predicted molar refractivity (Wildman–Crippen MR) is 82.9 cm³/mol. The van der Waals surface area contributed by atoms with E-state index in [9.17, 15) is 4.79 Å². The Morgan fingerprint density at radius 2 is 1.95 bits per heavy atom. The number of aromatic amines is 1. The normalized spacial score (nSPS) is 27.8. The molecule has 1 aliphatic carbocycles. The van der Waals surface area contributed by atoms with E-state index in [4.69, 9.17) is 0 Å². The lowest BCUT2D eigenvalue weighted by Gasteiger charge is -2.36. The van der Waals surface area contributed by atoms with Crippen molar-refractivity contribution in [2.75, 3.05) is 13.1 Å². The number of H-pyrrole nitrogens is 1. The van der Waals surface area contributed by atoms with E-state index in [0.717, 1.165) is 44.7 Å². The highest BCUT2D eigenvalue weighted by atomic mass is 16.2. The van der Waals surface area contributed by atoms with Crippen molar-refractivity contribution in [2.24, 2.45) is 11.8 Å². The fourth-order valence-electron chi connectivity index (χ4n) is 3.98. The molecule has 0 unspecified atom stereocenters. The average Bonchev–Trinajstić information content (AvgIpc) is 3.09. The number of piperidine rings is 1. The summed E-state index contributed by atoms with van der Waals surface area (Å²) in [5, 5.41) is 0. The number of imidazole rings is 1. The summed E-state index contributed by atoms with van der Waals surface area (Å²) in [5.41, 5.74) is 1.23. The first-order valence-corrected chi connectivity index (χ1v) is 8.55. The maximum atomic E-state index is 12.6. The van der Waals surface area contributed by atoms with Crippen molar-refractivity contribution in [3.63, 3.8) is 0 Å². The van der Waals surface area contributed by atoms with Crippen LogP contribution in [-0.2, 0) is 4.79 Å². The minimum atomic E-state index is 0.302. The minimum absolute atomic E-state index is 0.302. The van der Waals surface area contributed by atoms with Gasteiger partial charge in [-0.2, -0.15) is 0 Å². The van der Waals surface area contributed by atoms with Gasteiger partial charge in [0, 0.05) is 36.8 Å². The first kappa shape index (κ1) is 14.6. The molecule has 1 saturated heterocycles. The van der Waals surface area contributed by atoms with Crippen LogP contribution in [0.5, 0.6) is 0 Å². The molecule has 0 atom stereocenters. The Balaban J connectivity index is 1.49. The van der Waals surface area contributed by atoms with Gasteiger partial charge in [0.1, 0.15) is 0 Å². The van der Waals surface area contributed by atoms with Gasteiger partial charge in [-0.15, -0.1) is 0 Å². The van der Waals surface area contributed by atoms with E-state index >= 15 is 0 Å². The molecule has 0 bridgehead atoms. The van der Waals surface area contributed by atoms with Crippen molar-refractivity contribution in [1.82, 2.24) is 14.9 Å². The number of carbonyl (C=O) groups excluding carboxylic acids is 1. The van der Waals surface area contributed by atoms with Gasteiger partial charge in [-0.25, -0.2) is 4.98 Å². The third-order valence-corrected chi connectivity index (χ3v) is 5.54. The Hall–Kier alpha value is -1.32. The van der Waals surface area contributed by atoms with E-state index in [1.165, 1.54) is 25.0 Å². The topological polar surface area (TPSA) is 49.0 Å². The van der Waals surface area contributed by atoms with Gasteiger partial charge in [0.15, 0.2) is 0 Å². The summed E-state index contributed by atoms with van der Waals surface area (Å²) in [6.07, 6.45) is 11.8. The third-order valence-electron chi connectivity index (χ3n) is 5.54. The number of hydrogen-bond acceptors (Lipinski definition) is 2. The highest BCUT2D eigenvalue weighted by molar-refractivity contribution is 5.79. The fourth-order valence-corrected chi connectivity index (χ4v) is 3.98. The van der Waals surface area contributed by atoms with Gasteiger partial charge in [0.05, 0.1) is 6.33 Å². The Kier molecular flexibility index (Phi) is 4.61. The van der Waals surface area contributed by atoms with Gasteiger partial charge in [0.25, 0.3) is 0 Å². The summed E-state index contributed by atoms with van der Waals surface area (Å²) in [5.74, 6) is 2.14. The van der Waals surface area contributed by atoms with E-state index in [-0.39, 0.29) is 0 Å². The molecule has 0 spiro atoms. The molecule has 4 nitrogen and oxygen atoms in total. The smallest absolute Gasteiger partial charge is 0.225 e. The molecule has 2 aliphatic rings. The van der Waals surface area contributed by atoms with E-state index in [2.05, 4.69) is 21.8 Å². The molecule has 0 aromatic carbocycles. The van der Waals surface area contributed by atoms with Crippen LogP contribution in [0.2, 0.25) is 0 Å². The number of aromatic nitrogens is 2. The second-order valence-electron chi connectivity index (χ2n) is 6.73. The van der Waals surface area contributed by atoms with Crippen molar-refractivity contribution in [3.05, 3.63) is 18.2 Å². The number of nitrogens with one attached hydrogen (secondary N) is 1. The summed E-state index contributed by atoms with van der Waals surface area (Å²) >= 11 is 0. The van der Waals surface area contributed by atoms with Gasteiger partial charge >= 0.3 is 0 Å². The van der Waals surface area contributed by atoms with Crippen LogP contribution < -0.4 is 0 Å². The van der Waals surface area contributed by atoms with Gasteiger partial charge < -0.3 is 9.88 Å². The molecule has 3 rings (SSSR count). The number of amides is 1. The molecule has 1 aromatic heterocycles. The maximum absolute atomic E-state index is 12.6. The summed E-state index contributed by atoms with van der Waals surface area (Å²) in [6.45, 7) is 4.10. The number of rotatable bonds is 3. The van der Waals surface area contributed by atoms with Crippen LogP contribution in [0.3, 0.4) is 0 Å². The molecule has 0 radical (unpaired) electrons. The molecule has 116 valence electrons. The zero-order valence-electron chi connectivity index (χ0n) is 13.1. The lowest BCUT2D eigenvalue weighted by molar-refractivity contribution is -0.138. The Morgan fingerprint density at radius 3 is 2.52 bits per heavy atom. The van der Waals surface area contributed by atoms with Crippen LogP contribution >= 0.6 is 0 Å². The standard InChI is InChI=1S/C17H27N3O/c1-2-13-3-5-15(6-4-13)17(21)20-9-7-14(8-10-20)16-11-18-12-19-16/h11-15H,2-10H2,1H3,(H,18,19). The second-order valence-corrected chi connectivity index (χ2v) is 6.73. The molecule has 1 amide bonds. The van der Waals surface area contributed by atoms with Gasteiger partial charge in [-0.3, -0.25) is 4.79 Å².